The number of pyridine rings is 1. The molecule has 0 aliphatic rings. The fourth-order valence-corrected chi connectivity index (χ4v) is 2.66. The lowest BCUT2D eigenvalue weighted by atomic mass is 10.0. The molecular formula is C14H19N3OS. The number of aryl methyl sites for hydroxylation is 1. The smallest absolute Gasteiger partial charge is 0.212 e. The Morgan fingerprint density at radius 2 is 2.26 bits per heavy atom. The highest BCUT2D eigenvalue weighted by Gasteiger charge is 2.09. The zero-order chi connectivity index (χ0) is 13.5. The summed E-state index contributed by atoms with van der Waals surface area (Å²) in [7, 11) is 1.62. The number of nitrogens with two attached hydrogens (primary N) is 1. The minimum Gasteiger partial charge on any atom is -0.481 e. The van der Waals surface area contributed by atoms with Crippen molar-refractivity contribution in [3.05, 3.63) is 46.3 Å². The molecule has 2 heterocycles. The molecule has 0 bridgehead atoms. The van der Waals surface area contributed by atoms with Crippen LogP contribution in [-0.4, -0.2) is 18.1 Å². The van der Waals surface area contributed by atoms with Crippen molar-refractivity contribution in [2.45, 2.75) is 25.3 Å². The van der Waals surface area contributed by atoms with Crippen molar-refractivity contribution in [1.82, 2.24) is 10.4 Å². The first-order valence-electron chi connectivity index (χ1n) is 6.28. The third-order valence-corrected chi connectivity index (χ3v) is 3.82. The van der Waals surface area contributed by atoms with E-state index in [1.807, 2.05) is 18.3 Å². The van der Waals surface area contributed by atoms with E-state index in [2.05, 4.69) is 27.2 Å². The van der Waals surface area contributed by atoms with E-state index in [1.54, 1.807) is 18.4 Å². The molecule has 0 amide bonds. The van der Waals surface area contributed by atoms with E-state index in [0.29, 0.717) is 5.88 Å². The zero-order valence-corrected chi connectivity index (χ0v) is 11.8. The van der Waals surface area contributed by atoms with Crippen molar-refractivity contribution in [2.24, 2.45) is 5.84 Å². The number of rotatable bonds is 7. The number of hydrazine groups is 1. The number of aromatic nitrogens is 1. The van der Waals surface area contributed by atoms with Crippen LogP contribution in [0.5, 0.6) is 5.88 Å². The van der Waals surface area contributed by atoms with E-state index in [-0.39, 0.29) is 6.04 Å². The fraction of sp³-hybridized carbons (Fsp3) is 0.357. The summed E-state index contributed by atoms with van der Waals surface area (Å²) in [6.45, 7) is 0. The molecule has 0 fully saturated rings. The second-order valence-corrected chi connectivity index (χ2v) is 5.23. The number of methoxy groups -OCH3 is 1. The van der Waals surface area contributed by atoms with Gasteiger partial charge in [0.2, 0.25) is 5.88 Å². The fourth-order valence-electron chi connectivity index (χ4n) is 1.96. The average molecular weight is 277 g/mol. The summed E-state index contributed by atoms with van der Waals surface area (Å²) in [5, 5.41) is 4.29. The maximum Gasteiger partial charge on any atom is 0.212 e. The van der Waals surface area contributed by atoms with Crippen molar-refractivity contribution in [3.63, 3.8) is 0 Å². The van der Waals surface area contributed by atoms with Crippen LogP contribution in [-0.2, 0) is 12.8 Å². The second-order valence-electron chi connectivity index (χ2n) is 4.45. The summed E-state index contributed by atoms with van der Waals surface area (Å²) in [6.07, 6.45) is 4.77. The van der Waals surface area contributed by atoms with E-state index in [1.165, 1.54) is 5.56 Å². The number of ether oxygens (including phenoxy) is 1. The van der Waals surface area contributed by atoms with Gasteiger partial charge in [-0.15, -0.1) is 0 Å². The van der Waals surface area contributed by atoms with Gasteiger partial charge in [-0.25, -0.2) is 4.98 Å². The number of nitrogens with zero attached hydrogens (tertiary/aromatic N) is 1. The summed E-state index contributed by atoms with van der Waals surface area (Å²) < 4.78 is 5.05. The molecule has 0 saturated heterocycles. The summed E-state index contributed by atoms with van der Waals surface area (Å²) in [5.41, 5.74) is 5.42. The molecule has 5 heteroatoms. The summed E-state index contributed by atoms with van der Waals surface area (Å²) in [5.74, 6) is 6.26. The standard InChI is InChI=1S/C14H19N3OS/c1-18-14-5-3-12(9-16-14)8-13(17-15)4-2-11-6-7-19-10-11/h3,5-7,9-10,13,17H,2,4,8,15H2,1H3. The first kappa shape index (κ1) is 14.0. The molecule has 0 spiro atoms. The van der Waals surface area contributed by atoms with Crippen LogP contribution >= 0.6 is 11.3 Å². The van der Waals surface area contributed by atoms with E-state index in [9.17, 15) is 0 Å². The second kappa shape index (κ2) is 7.23. The lowest BCUT2D eigenvalue weighted by Crippen LogP contribution is -2.37. The van der Waals surface area contributed by atoms with Crippen LogP contribution in [0.1, 0.15) is 17.5 Å². The Morgan fingerprint density at radius 3 is 2.84 bits per heavy atom. The summed E-state index contributed by atoms with van der Waals surface area (Å²) in [6, 6.07) is 6.32. The lowest BCUT2D eigenvalue weighted by molar-refractivity contribution is 0.397. The Morgan fingerprint density at radius 1 is 1.37 bits per heavy atom. The third kappa shape index (κ3) is 4.31. The van der Waals surface area contributed by atoms with Crippen LogP contribution in [0.15, 0.2) is 35.2 Å². The van der Waals surface area contributed by atoms with Crippen molar-refractivity contribution in [2.75, 3.05) is 7.11 Å². The molecule has 2 aromatic heterocycles. The Balaban J connectivity index is 1.87. The van der Waals surface area contributed by atoms with Gasteiger partial charge >= 0.3 is 0 Å². The Labute approximate surface area is 117 Å². The topological polar surface area (TPSA) is 60.2 Å². The quantitative estimate of drug-likeness (QED) is 0.601. The van der Waals surface area contributed by atoms with Crippen molar-refractivity contribution >= 4 is 11.3 Å². The predicted molar refractivity (Wildman–Crippen MR) is 78.2 cm³/mol. The van der Waals surface area contributed by atoms with E-state index < -0.39 is 0 Å². The highest BCUT2D eigenvalue weighted by molar-refractivity contribution is 7.07. The molecule has 0 aliphatic heterocycles. The van der Waals surface area contributed by atoms with Crippen molar-refractivity contribution in [1.29, 1.82) is 0 Å². The van der Waals surface area contributed by atoms with E-state index in [4.69, 9.17) is 10.6 Å². The number of thiophene rings is 1. The maximum atomic E-state index is 5.62. The molecule has 3 N–H and O–H groups in total. The highest BCUT2D eigenvalue weighted by Crippen LogP contribution is 2.13. The molecule has 2 aromatic rings. The van der Waals surface area contributed by atoms with Crippen LogP contribution in [0.4, 0.5) is 0 Å². The van der Waals surface area contributed by atoms with Gasteiger partial charge in [0, 0.05) is 18.3 Å². The SMILES string of the molecule is COc1ccc(CC(CCc2ccsc2)NN)cn1. The molecule has 0 radical (unpaired) electrons. The molecule has 2 rings (SSSR count). The minimum atomic E-state index is 0.259. The van der Waals surface area contributed by atoms with E-state index in [0.717, 1.165) is 24.8 Å². The highest BCUT2D eigenvalue weighted by atomic mass is 32.1. The number of nitrogens with one attached hydrogen (secondary N) is 1. The molecule has 1 atom stereocenters. The van der Waals surface area contributed by atoms with Gasteiger partial charge in [-0.2, -0.15) is 11.3 Å². The Kier molecular flexibility index (Phi) is 5.32. The summed E-state index contributed by atoms with van der Waals surface area (Å²) >= 11 is 1.73. The minimum absolute atomic E-state index is 0.259. The maximum absolute atomic E-state index is 5.62. The lowest BCUT2D eigenvalue weighted by Gasteiger charge is -2.15. The molecule has 1 unspecified atom stereocenters. The van der Waals surface area contributed by atoms with Crippen LogP contribution in [0.2, 0.25) is 0 Å². The first-order chi connectivity index (χ1) is 9.31. The average Bonchev–Trinajstić information content (AvgIpc) is 2.97. The van der Waals surface area contributed by atoms with Crippen molar-refractivity contribution < 1.29 is 4.74 Å². The Bertz CT molecular complexity index is 470. The molecule has 0 saturated carbocycles. The normalized spacial score (nSPS) is 12.3. The van der Waals surface area contributed by atoms with Gasteiger partial charge in [0.05, 0.1) is 7.11 Å². The third-order valence-electron chi connectivity index (χ3n) is 3.09. The molecule has 19 heavy (non-hydrogen) atoms. The monoisotopic (exact) mass is 277 g/mol. The van der Waals surface area contributed by atoms with Crippen LogP contribution in [0, 0.1) is 0 Å². The first-order valence-corrected chi connectivity index (χ1v) is 7.22. The molecule has 0 aromatic carbocycles. The zero-order valence-electron chi connectivity index (χ0n) is 11.0. The van der Waals surface area contributed by atoms with Crippen LogP contribution in [0.3, 0.4) is 0 Å². The van der Waals surface area contributed by atoms with Crippen molar-refractivity contribution in [3.8, 4) is 5.88 Å². The van der Waals surface area contributed by atoms with Gasteiger partial charge in [-0.3, -0.25) is 11.3 Å². The van der Waals surface area contributed by atoms with Crippen LogP contribution in [0.25, 0.3) is 0 Å². The number of hydrogen-bond acceptors (Lipinski definition) is 5. The number of hydrogen-bond donors (Lipinski definition) is 2. The van der Waals surface area contributed by atoms with Gasteiger partial charge in [-0.1, -0.05) is 6.07 Å². The summed E-state index contributed by atoms with van der Waals surface area (Å²) in [4.78, 5) is 4.21. The van der Waals surface area contributed by atoms with Gasteiger partial charge in [0.25, 0.3) is 0 Å². The molecule has 102 valence electrons. The van der Waals surface area contributed by atoms with Crippen LogP contribution < -0.4 is 16.0 Å². The Hall–Kier alpha value is -1.43. The molecule has 0 aliphatic carbocycles. The van der Waals surface area contributed by atoms with E-state index >= 15 is 0 Å². The van der Waals surface area contributed by atoms with Gasteiger partial charge < -0.3 is 4.74 Å². The molecule has 4 nitrogen and oxygen atoms in total. The predicted octanol–water partition coefficient (Wildman–Crippen LogP) is 2.16. The largest absolute Gasteiger partial charge is 0.481 e. The van der Waals surface area contributed by atoms with Gasteiger partial charge in [0.1, 0.15) is 0 Å². The van der Waals surface area contributed by atoms with Gasteiger partial charge in [-0.05, 0) is 47.2 Å². The van der Waals surface area contributed by atoms with Gasteiger partial charge in [0.15, 0.2) is 0 Å². The molecular weight excluding hydrogens is 258 g/mol.